The number of nitrogens with zero attached hydrogens (tertiary/aromatic N) is 1. The van der Waals surface area contributed by atoms with Gasteiger partial charge in [0, 0.05) is 12.6 Å². The van der Waals surface area contributed by atoms with Crippen LogP contribution in [0.15, 0.2) is 48.5 Å². The van der Waals surface area contributed by atoms with Crippen molar-refractivity contribution < 1.29 is 14.3 Å². The third-order valence-corrected chi connectivity index (χ3v) is 5.71. The highest BCUT2D eigenvalue weighted by Crippen LogP contribution is 2.26. The van der Waals surface area contributed by atoms with Crippen LogP contribution in [0.2, 0.25) is 0 Å². The molecule has 0 spiro atoms. The van der Waals surface area contributed by atoms with Gasteiger partial charge >= 0.3 is 0 Å². The maximum Gasteiger partial charge on any atom is 0.261 e. The molecular weight excluding hydrogens is 400 g/mol. The van der Waals surface area contributed by atoms with Crippen molar-refractivity contribution in [3.8, 4) is 5.75 Å². The summed E-state index contributed by atoms with van der Waals surface area (Å²) in [4.78, 5) is 28.0. The molecule has 0 aromatic heterocycles. The fraction of sp³-hybridized carbons (Fsp3) is 0.481. The van der Waals surface area contributed by atoms with Gasteiger partial charge in [-0.05, 0) is 49.8 Å². The topological polar surface area (TPSA) is 58.6 Å². The molecule has 0 saturated heterocycles. The van der Waals surface area contributed by atoms with E-state index in [2.05, 4.69) is 25.2 Å². The Morgan fingerprint density at radius 3 is 2.34 bits per heavy atom. The molecule has 1 N–H and O–H groups in total. The van der Waals surface area contributed by atoms with E-state index < -0.39 is 6.04 Å². The predicted octanol–water partition coefficient (Wildman–Crippen LogP) is 5.22. The van der Waals surface area contributed by atoms with Gasteiger partial charge in [0.1, 0.15) is 11.8 Å². The summed E-state index contributed by atoms with van der Waals surface area (Å²) in [5.41, 5.74) is 3.18. The fourth-order valence-electron chi connectivity index (χ4n) is 3.68. The van der Waals surface area contributed by atoms with Gasteiger partial charge < -0.3 is 15.0 Å². The third kappa shape index (κ3) is 7.11. The molecule has 0 aliphatic heterocycles. The second-order valence-electron chi connectivity index (χ2n) is 8.73. The van der Waals surface area contributed by atoms with E-state index in [1.807, 2.05) is 70.2 Å². The number of carbonyl (C=O) groups is 2. The van der Waals surface area contributed by atoms with Crippen LogP contribution in [0, 0.1) is 6.92 Å². The Morgan fingerprint density at radius 2 is 1.72 bits per heavy atom. The Balaban J connectivity index is 2.26. The number of para-hydroxylation sites is 1. The molecule has 5 heteroatoms. The smallest absolute Gasteiger partial charge is 0.261 e. The monoisotopic (exact) mass is 438 g/mol. The molecule has 0 saturated carbocycles. The van der Waals surface area contributed by atoms with Crippen molar-refractivity contribution in [2.24, 2.45) is 0 Å². The average Bonchev–Trinajstić information content (AvgIpc) is 2.77. The molecule has 0 fully saturated rings. The highest BCUT2D eigenvalue weighted by Gasteiger charge is 2.29. The summed E-state index contributed by atoms with van der Waals surface area (Å²) in [7, 11) is 0. The summed E-state index contributed by atoms with van der Waals surface area (Å²) in [5.74, 6) is 0.680. The van der Waals surface area contributed by atoms with Crippen LogP contribution in [0.5, 0.6) is 5.75 Å². The largest absolute Gasteiger partial charge is 0.483 e. The first-order chi connectivity index (χ1) is 15.3. The summed E-state index contributed by atoms with van der Waals surface area (Å²) in [6.07, 6.45) is 1.37. The highest BCUT2D eigenvalue weighted by atomic mass is 16.5. The van der Waals surface area contributed by atoms with E-state index in [1.165, 1.54) is 0 Å². The molecule has 2 amide bonds. The van der Waals surface area contributed by atoms with Crippen LogP contribution in [0.3, 0.4) is 0 Å². The van der Waals surface area contributed by atoms with Crippen molar-refractivity contribution in [1.82, 2.24) is 10.2 Å². The van der Waals surface area contributed by atoms with Crippen LogP contribution < -0.4 is 10.1 Å². The van der Waals surface area contributed by atoms with Gasteiger partial charge in [-0.15, -0.1) is 0 Å². The van der Waals surface area contributed by atoms with Crippen molar-refractivity contribution >= 4 is 11.8 Å². The lowest BCUT2D eigenvalue weighted by molar-refractivity contribution is -0.143. The van der Waals surface area contributed by atoms with E-state index in [4.69, 9.17) is 4.74 Å². The fourth-order valence-corrected chi connectivity index (χ4v) is 3.68. The molecule has 0 aliphatic carbocycles. The van der Waals surface area contributed by atoms with Gasteiger partial charge in [0.2, 0.25) is 5.91 Å². The molecular formula is C27H38N2O3. The quantitative estimate of drug-likeness (QED) is 0.523. The average molecular weight is 439 g/mol. The number of nitrogens with one attached hydrogen (secondary N) is 1. The van der Waals surface area contributed by atoms with Gasteiger partial charge in [-0.3, -0.25) is 9.59 Å². The molecule has 2 atom stereocenters. The van der Waals surface area contributed by atoms with Gasteiger partial charge in [-0.25, -0.2) is 0 Å². The Bertz CT molecular complexity index is 894. The first-order valence-electron chi connectivity index (χ1n) is 11.6. The minimum atomic E-state index is -0.555. The molecule has 2 rings (SSSR count). The van der Waals surface area contributed by atoms with Gasteiger partial charge in [0.05, 0.1) is 0 Å². The molecule has 2 aromatic rings. The zero-order valence-electron chi connectivity index (χ0n) is 20.4. The highest BCUT2D eigenvalue weighted by molar-refractivity contribution is 5.88. The molecule has 2 aromatic carbocycles. The zero-order valence-corrected chi connectivity index (χ0v) is 20.4. The number of hydrogen-bond acceptors (Lipinski definition) is 3. The maximum atomic E-state index is 13.4. The number of hydrogen-bond donors (Lipinski definition) is 1. The summed E-state index contributed by atoms with van der Waals surface area (Å²) in [5, 5.41) is 3.04. The third-order valence-electron chi connectivity index (χ3n) is 5.71. The van der Waals surface area contributed by atoms with Crippen LogP contribution in [-0.4, -0.2) is 35.4 Å². The molecule has 0 aliphatic rings. The van der Waals surface area contributed by atoms with Gasteiger partial charge in [-0.1, -0.05) is 75.7 Å². The van der Waals surface area contributed by atoms with Crippen molar-refractivity contribution in [2.45, 2.75) is 78.9 Å². The first kappa shape index (κ1) is 25.4. The van der Waals surface area contributed by atoms with Gasteiger partial charge in [-0.2, -0.15) is 0 Å². The predicted molar refractivity (Wildman–Crippen MR) is 130 cm³/mol. The van der Waals surface area contributed by atoms with E-state index in [-0.39, 0.29) is 30.4 Å². The van der Waals surface area contributed by atoms with E-state index in [1.54, 1.807) is 4.90 Å². The minimum Gasteiger partial charge on any atom is -0.483 e. The van der Waals surface area contributed by atoms with Crippen LogP contribution in [0.25, 0.3) is 0 Å². The second kappa shape index (κ2) is 12.3. The lowest BCUT2D eigenvalue weighted by Crippen LogP contribution is -2.51. The lowest BCUT2D eigenvalue weighted by Gasteiger charge is -2.31. The normalized spacial score (nSPS) is 12.8. The number of ether oxygens (including phenoxy) is 1. The minimum absolute atomic E-state index is 0.0571. The summed E-state index contributed by atoms with van der Waals surface area (Å²) in [6.45, 7) is 12.4. The number of carbonyl (C=O) groups excluding carboxylic acids is 2. The Morgan fingerprint density at radius 1 is 1.00 bits per heavy atom. The van der Waals surface area contributed by atoms with Crippen molar-refractivity contribution in [1.29, 1.82) is 0 Å². The van der Waals surface area contributed by atoms with Gasteiger partial charge in [0.25, 0.3) is 5.91 Å². The number of amides is 2. The Kier molecular flexibility index (Phi) is 9.76. The summed E-state index contributed by atoms with van der Waals surface area (Å²) >= 11 is 0. The van der Waals surface area contributed by atoms with E-state index in [0.29, 0.717) is 18.7 Å². The molecule has 0 radical (unpaired) electrons. The van der Waals surface area contributed by atoms with Crippen molar-refractivity contribution in [3.05, 3.63) is 65.2 Å². The van der Waals surface area contributed by atoms with E-state index in [0.717, 1.165) is 23.1 Å². The molecule has 32 heavy (non-hydrogen) atoms. The van der Waals surface area contributed by atoms with Crippen LogP contribution in [-0.2, 0) is 16.1 Å². The van der Waals surface area contributed by atoms with Crippen LogP contribution >= 0.6 is 0 Å². The Labute approximate surface area is 193 Å². The molecule has 174 valence electrons. The van der Waals surface area contributed by atoms with Crippen LogP contribution in [0.1, 0.15) is 70.1 Å². The SMILES string of the molecule is CC[C@H](C(=O)N[C@@H](C)CC)N(Cc1cccc(C)c1)C(=O)COc1ccccc1C(C)C. The van der Waals surface area contributed by atoms with Crippen LogP contribution in [0.4, 0.5) is 0 Å². The maximum absolute atomic E-state index is 13.4. The number of aryl methyl sites for hydroxylation is 1. The standard InChI is InChI=1S/C27H38N2O3/c1-7-21(6)28-27(31)24(8-2)29(17-22-13-11-12-20(5)16-22)26(30)18-32-25-15-10-9-14-23(25)19(3)4/h9-16,19,21,24H,7-8,17-18H2,1-6H3,(H,28,31)/t21-,24+/m0/s1. The summed E-state index contributed by atoms with van der Waals surface area (Å²) in [6, 6.07) is 15.3. The molecule has 0 bridgehead atoms. The summed E-state index contributed by atoms with van der Waals surface area (Å²) < 4.78 is 5.96. The lowest BCUT2D eigenvalue weighted by atomic mass is 10.0. The van der Waals surface area contributed by atoms with Crippen molar-refractivity contribution in [3.63, 3.8) is 0 Å². The Hall–Kier alpha value is -2.82. The zero-order chi connectivity index (χ0) is 23.7. The number of rotatable bonds is 11. The second-order valence-corrected chi connectivity index (χ2v) is 8.73. The van der Waals surface area contributed by atoms with Crippen molar-refractivity contribution in [2.75, 3.05) is 6.61 Å². The molecule has 5 nitrogen and oxygen atoms in total. The van der Waals surface area contributed by atoms with E-state index >= 15 is 0 Å². The molecule has 0 heterocycles. The molecule has 0 unspecified atom stereocenters. The van der Waals surface area contributed by atoms with E-state index in [9.17, 15) is 9.59 Å². The first-order valence-corrected chi connectivity index (χ1v) is 11.6. The van der Waals surface area contributed by atoms with Gasteiger partial charge in [0.15, 0.2) is 6.61 Å². The number of benzene rings is 2.